The molecule has 1 aromatic heterocycles. The van der Waals surface area contributed by atoms with Crippen LogP contribution in [0.1, 0.15) is 37.6 Å². The maximum atomic E-state index is 5.72. The summed E-state index contributed by atoms with van der Waals surface area (Å²) in [5.41, 5.74) is 8.61. The minimum atomic E-state index is -0.143. The lowest BCUT2D eigenvalue weighted by molar-refractivity contribution is -0.0169. The number of ether oxygens (including phenoxy) is 2. The summed E-state index contributed by atoms with van der Waals surface area (Å²) < 4.78 is 11.3. The van der Waals surface area contributed by atoms with Crippen LogP contribution in [0.25, 0.3) is 0 Å². The van der Waals surface area contributed by atoms with E-state index >= 15 is 0 Å². The molecule has 0 bridgehead atoms. The summed E-state index contributed by atoms with van der Waals surface area (Å²) in [5.74, 6) is 0.632. The molecule has 0 saturated carbocycles. The van der Waals surface area contributed by atoms with Crippen LogP contribution in [0.4, 0.5) is 0 Å². The second kappa shape index (κ2) is 6.16. The summed E-state index contributed by atoms with van der Waals surface area (Å²) in [6, 6.07) is 2.01. The highest BCUT2D eigenvalue weighted by molar-refractivity contribution is 5.35. The molecule has 0 unspecified atom stereocenters. The molecule has 0 aliphatic carbocycles. The first-order valence-corrected chi connectivity index (χ1v) is 6.27. The van der Waals surface area contributed by atoms with E-state index in [1.54, 1.807) is 0 Å². The lowest BCUT2D eigenvalue weighted by atomic mass is 10.1. The molecule has 0 saturated heterocycles. The normalized spacial score (nSPS) is 11.7. The number of rotatable bonds is 5. The zero-order valence-electron chi connectivity index (χ0n) is 12.0. The van der Waals surface area contributed by atoms with E-state index in [9.17, 15) is 0 Å². The van der Waals surface area contributed by atoms with Gasteiger partial charge in [-0.15, -0.1) is 0 Å². The second-order valence-corrected chi connectivity index (χ2v) is 5.38. The second-order valence-electron chi connectivity index (χ2n) is 5.38. The van der Waals surface area contributed by atoms with Gasteiger partial charge >= 0.3 is 0 Å². The Morgan fingerprint density at radius 3 is 2.44 bits per heavy atom. The fourth-order valence-corrected chi connectivity index (χ4v) is 1.68. The van der Waals surface area contributed by atoms with Gasteiger partial charge in [0, 0.05) is 17.8 Å². The SMILES string of the molecule is Cc1cc(C)c(CN)c(OCCOC(C)(C)C)n1. The van der Waals surface area contributed by atoms with E-state index in [-0.39, 0.29) is 5.60 Å². The van der Waals surface area contributed by atoms with Crippen molar-refractivity contribution in [3.05, 3.63) is 22.9 Å². The van der Waals surface area contributed by atoms with Crippen LogP contribution in [0, 0.1) is 13.8 Å². The largest absolute Gasteiger partial charge is 0.475 e. The fraction of sp³-hybridized carbons (Fsp3) is 0.643. The lowest BCUT2D eigenvalue weighted by Gasteiger charge is -2.20. The molecule has 0 aromatic carbocycles. The maximum absolute atomic E-state index is 5.72. The van der Waals surface area contributed by atoms with Crippen molar-refractivity contribution in [1.29, 1.82) is 0 Å². The third kappa shape index (κ3) is 4.63. The molecule has 2 N–H and O–H groups in total. The van der Waals surface area contributed by atoms with Crippen LogP contribution in [-0.2, 0) is 11.3 Å². The molecule has 1 heterocycles. The molecule has 102 valence electrons. The van der Waals surface area contributed by atoms with E-state index in [1.165, 1.54) is 0 Å². The Hall–Kier alpha value is -1.13. The quantitative estimate of drug-likeness (QED) is 0.817. The molecule has 4 heteroatoms. The van der Waals surface area contributed by atoms with Gasteiger partial charge in [-0.1, -0.05) is 0 Å². The Labute approximate surface area is 110 Å². The molecule has 1 aromatic rings. The molecule has 0 aliphatic rings. The lowest BCUT2D eigenvalue weighted by Crippen LogP contribution is -2.23. The fourth-order valence-electron chi connectivity index (χ4n) is 1.68. The number of hydrogen-bond acceptors (Lipinski definition) is 4. The molecule has 4 nitrogen and oxygen atoms in total. The van der Waals surface area contributed by atoms with Gasteiger partial charge < -0.3 is 15.2 Å². The molecule has 0 amide bonds. The number of pyridine rings is 1. The third-order valence-electron chi connectivity index (χ3n) is 2.50. The Morgan fingerprint density at radius 1 is 1.22 bits per heavy atom. The van der Waals surface area contributed by atoms with Gasteiger partial charge in [-0.05, 0) is 46.2 Å². The Kier molecular flexibility index (Phi) is 5.11. The van der Waals surface area contributed by atoms with Crippen LogP contribution in [0.15, 0.2) is 6.07 Å². The average Bonchev–Trinajstić information content (AvgIpc) is 2.22. The van der Waals surface area contributed by atoms with Crippen molar-refractivity contribution >= 4 is 0 Å². The van der Waals surface area contributed by atoms with Gasteiger partial charge in [0.25, 0.3) is 0 Å². The number of aromatic nitrogens is 1. The first kappa shape index (κ1) is 14.9. The van der Waals surface area contributed by atoms with Crippen LogP contribution in [0.2, 0.25) is 0 Å². The van der Waals surface area contributed by atoms with Crippen molar-refractivity contribution in [2.45, 2.75) is 46.8 Å². The first-order valence-electron chi connectivity index (χ1n) is 6.27. The summed E-state index contributed by atoms with van der Waals surface area (Å²) in [5, 5.41) is 0. The van der Waals surface area contributed by atoms with Crippen LogP contribution < -0.4 is 10.5 Å². The summed E-state index contributed by atoms with van der Waals surface area (Å²) in [6.07, 6.45) is 0. The van der Waals surface area contributed by atoms with Gasteiger partial charge in [0.15, 0.2) is 0 Å². The zero-order chi connectivity index (χ0) is 13.8. The topological polar surface area (TPSA) is 57.4 Å². The Morgan fingerprint density at radius 2 is 1.89 bits per heavy atom. The third-order valence-corrected chi connectivity index (χ3v) is 2.50. The van der Waals surface area contributed by atoms with Crippen molar-refractivity contribution in [3.63, 3.8) is 0 Å². The molecule has 0 spiro atoms. The van der Waals surface area contributed by atoms with Gasteiger partial charge in [0.2, 0.25) is 5.88 Å². The monoisotopic (exact) mass is 252 g/mol. The Bertz CT molecular complexity index is 398. The van der Waals surface area contributed by atoms with E-state index in [0.29, 0.717) is 25.6 Å². The minimum Gasteiger partial charge on any atom is -0.475 e. The highest BCUT2D eigenvalue weighted by Crippen LogP contribution is 2.20. The number of nitrogens with zero attached hydrogens (tertiary/aromatic N) is 1. The van der Waals surface area contributed by atoms with Crippen molar-refractivity contribution in [1.82, 2.24) is 4.98 Å². The summed E-state index contributed by atoms with van der Waals surface area (Å²) >= 11 is 0. The van der Waals surface area contributed by atoms with E-state index in [1.807, 2.05) is 40.7 Å². The van der Waals surface area contributed by atoms with Crippen molar-refractivity contribution < 1.29 is 9.47 Å². The molecule has 1 rings (SSSR count). The maximum Gasteiger partial charge on any atom is 0.218 e. The van der Waals surface area contributed by atoms with Gasteiger partial charge in [0.05, 0.1) is 12.2 Å². The van der Waals surface area contributed by atoms with Gasteiger partial charge in [0.1, 0.15) is 6.61 Å². The molecule has 0 fully saturated rings. The summed E-state index contributed by atoms with van der Waals surface area (Å²) in [4.78, 5) is 4.38. The van der Waals surface area contributed by atoms with E-state index < -0.39 is 0 Å². The minimum absolute atomic E-state index is 0.143. The van der Waals surface area contributed by atoms with Crippen LogP contribution in [0.5, 0.6) is 5.88 Å². The first-order chi connectivity index (χ1) is 8.33. The predicted molar refractivity (Wildman–Crippen MR) is 72.8 cm³/mol. The van der Waals surface area contributed by atoms with Crippen LogP contribution >= 0.6 is 0 Å². The summed E-state index contributed by atoms with van der Waals surface area (Å²) in [6.45, 7) is 11.5. The number of nitrogens with two attached hydrogens (primary N) is 1. The van der Waals surface area contributed by atoms with Gasteiger partial charge in [-0.25, -0.2) is 4.98 Å². The van der Waals surface area contributed by atoms with Crippen molar-refractivity contribution in [2.75, 3.05) is 13.2 Å². The van der Waals surface area contributed by atoms with Gasteiger partial charge in [-0.2, -0.15) is 0 Å². The van der Waals surface area contributed by atoms with Crippen molar-refractivity contribution in [2.24, 2.45) is 5.73 Å². The molecule has 0 aliphatic heterocycles. The zero-order valence-corrected chi connectivity index (χ0v) is 12.0. The van der Waals surface area contributed by atoms with Gasteiger partial charge in [-0.3, -0.25) is 0 Å². The average molecular weight is 252 g/mol. The highest BCUT2D eigenvalue weighted by Gasteiger charge is 2.11. The molecule has 18 heavy (non-hydrogen) atoms. The molecule has 0 radical (unpaired) electrons. The van der Waals surface area contributed by atoms with Crippen molar-refractivity contribution in [3.8, 4) is 5.88 Å². The van der Waals surface area contributed by atoms with Crippen LogP contribution in [-0.4, -0.2) is 23.8 Å². The highest BCUT2D eigenvalue weighted by atomic mass is 16.5. The molecular formula is C14H24N2O2. The Balaban J connectivity index is 2.61. The van der Waals surface area contributed by atoms with Crippen LogP contribution in [0.3, 0.4) is 0 Å². The van der Waals surface area contributed by atoms with E-state index in [4.69, 9.17) is 15.2 Å². The standard InChI is InChI=1S/C14H24N2O2/c1-10-8-11(2)16-13(12(10)9-15)17-6-7-18-14(3,4)5/h8H,6-7,9,15H2,1-5H3. The molecule has 0 atom stereocenters. The number of hydrogen-bond donors (Lipinski definition) is 1. The molecular weight excluding hydrogens is 228 g/mol. The summed E-state index contributed by atoms with van der Waals surface area (Å²) in [7, 11) is 0. The predicted octanol–water partition coefficient (Wildman–Crippen LogP) is 2.35. The smallest absolute Gasteiger partial charge is 0.218 e. The van der Waals surface area contributed by atoms with E-state index in [0.717, 1.165) is 16.8 Å². The number of aryl methyl sites for hydroxylation is 2. The van der Waals surface area contributed by atoms with E-state index in [2.05, 4.69) is 4.98 Å².